The number of aryl methyl sites for hydroxylation is 1. The van der Waals surface area contributed by atoms with Gasteiger partial charge in [0.05, 0.1) is 11.9 Å². The van der Waals surface area contributed by atoms with Gasteiger partial charge in [0.1, 0.15) is 11.8 Å². The number of carbonyl (C=O) groups excluding carboxylic acids is 3. The van der Waals surface area contributed by atoms with E-state index in [1.807, 2.05) is 44.2 Å². The molecule has 1 fully saturated rings. The Hall–Kier alpha value is -3.30. The van der Waals surface area contributed by atoms with E-state index in [1.54, 1.807) is 26.0 Å². The van der Waals surface area contributed by atoms with Crippen molar-refractivity contribution in [3.8, 4) is 5.75 Å². The lowest BCUT2D eigenvalue weighted by Crippen LogP contribution is -2.58. The fourth-order valence-electron chi connectivity index (χ4n) is 4.48. The van der Waals surface area contributed by atoms with Crippen LogP contribution >= 0.6 is 11.8 Å². The van der Waals surface area contributed by atoms with E-state index >= 15 is 0 Å². The van der Waals surface area contributed by atoms with Crippen LogP contribution in [0.2, 0.25) is 0 Å². The van der Waals surface area contributed by atoms with E-state index in [0.717, 1.165) is 11.1 Å². The summed E-state index contributed by atoms with van der Waals surface area (Å²) in [6.07, 6.45) is -0.777. The third-order valence-corrected chi connectivity index (χ3v) is 8.10. The first kappa shape index (κ1) is 29.3. The maximum Gasteiger partial charge on any atom is 0.254 e. The van der Waals surface area contributed by atoms with Gasteiger partial charge in [0, 0.05) is 22.4 Å². The summed E-state index contributed by atoms with van der Waals surface area (Å²) in [5.74, 6) is -1.22. The molecule has 8 nitrogen and oxygen atoms in total. The van der Waals surface area contributed by atoms with Crippen LogP contribution in [0.3, 0.4) is 0 Å². The van der Waals surface area contributed by atoms with Gasteiger partial charge in [0.15, 0.2) is 6.10 Å². The highest BCUT2D eigenvalue weighted by Gasteiger charge is 2.49. The molecule has 9 heteroatoms. The Morgan fingerprint density at radius 2 is 1.84 bits per heavy atom. The van der Waals surface area contributed by atoms with Crippen LogP contribution in [0.4, 0.5) is 0 Å². The second kappa shape index (κ2) is 12.5. The van der Waals surface area contributed by atoms with Crippen molar-refractivity contribution in [1.82, 2.24) is 15.5 Å². The van der Waals surface area contributed by atoms with Crippen LogP contribution < -0.4 is 10.6 Å². The molecular weight excluding hydrogens is 502 g/mol. The Kier molecular flexibility index (Phi) is 9.62. The van der Waals surface area contributed by atoms with Crippen molar-refractivity contribution in [2.75, 3.05) is 12.4 Å². The Labute approximate surface area is 228 Å². The highest BCUT2D eigenvalue weighted by Crippen LogP contribution is 2.40. The zero-order valence-corrected chi connectivity index (χ0v) is 23.2. The molecule has 1 aliphatic rings. The molecule has 0 aromatic heterocycles. The molecule has 4 N–H and O–H groups in total. The quantitative estimate of drug-likeness (QED) is 0.345. The van der Waals surface area contributed by atoms with Gasteiger partial charge in [0.25, 0.3) is 11.8 Å². The fourth-order valence-corrected chi connectivity index (χ4v) is 5.62. The number of aliphatic hydroxyl groups is 1. The zero-order valence-electron chi connectivity index (χ0n) is 22.4. The molecule has 1 heterocycles. The molecule has 1 saturated heterocycles. The first-order valence-corrected chi connectivity index (χ1v) is 13.6. The zero-order chi connectivity index (χ0) is 28.0. The lowest BCUT2D eigenvalue weighted by molar-refractivity contribution is -0.147. The molecule has 0 saturated carbocycles. The van der Waals surface area contributed by atoms with Crippen molar-refractivity contribution in [2.45, 2.75) is 63.5 Å². The van der Waals surface area contributed by atoms with Crippen LogP contribution in [0.1, 0.15) is 48.7 Å². The van der Waals surface area contributed by atoms with Gasteiger partial charge in [-0.3, -0.25) is 14.4 Å². The van der Waals surface area contributed by atoms with Crippen LogP contribution in [0.5, 0.6) is 5.75 Å². The number of carbonyl (C=O) groups is 3. The average Bonchev–Trinajstić information content (AvgIpc) is 3.21. The first-order valence-electron chi connectivity index (χ1n) is 12.6. The monoisotopic (exact) mass is 539 g/mol. The van der Waals surface area contributed by atoms with Crippen LogP contribution in [-0.2, 0) is 16.0 Å². The third kappa shape index (κ3) is 6.96. The SMILES string of the molecule is C=C(C)CNC(=O)[C@H]1N(C(=O)[C@@H](O)[C@H](CCc2ccccc2)NC(=O)c2cccc(O)c2C)CSC1(C)C. The smallest absolute Gasteiger partial charge is 0.254 e. The third-order valence-electron chi connectivity index (χ3n) is 6.73. The lowest BCUT2D eigenvalue weighted by Gasteiger charge is -2.33. The second-order valence-electron chi connectivity index (χ2n) is 10.3. The highest BCUT2D eigenvalue weighted by molar-refractivity contribution is 8.00. The number of rotatable bonds is 10. The number of phenols is 1. The summed E-state index contributed by atoms with van der Waals surface area (Å²) in [5, 5.41) is 27.0. The van der Waals surface area contributed by atoms with Crippen molar-refractivity contribution in [3.63, 3.8) is 0 Å². The minimum absolute atomic E-state index is 0.0185. The predicted molar refractivity (Wildman–Crippen MR) is 150 cm³/mol. The van der Waals surface area contributed by atoms with Crippen molar-refractivity contribution < 1.29 is 24.6 Å². The van der Waals surface area contributed by atoms with Gasteiger partial charge < -0.3 is 25.7 Å². The first-order chi connectivity index (χ1) is 17.9. The van der Waals surface area contributed by atoms with E-state index in [9.17, 15) is 24.6 Å². The van der Waals surface area contributed by atoms with E-state index in [2.05, 4.69) is 17.2 Å². The second-order valence-corrected chi connectivity index (χ2v) is 11.9. The Morgan fingerprint density at radius 3 is 2.50 bits per heavy atom. The summed E-state index contributed by atoms with van der Waals surface area (Å²) < 4.78 is -0.573. The Morgan fingerprint density at radius 1 is 1.16 bits per heavy atom. The number of thioether (sulfide) groups is 1. The number of aromatic hydroxyl groups is 1. The van der Waals surface area contributed by atoms with Crippen molar-refractivity contribution in [3.05, 3.63) is 77.4 Å². The predicted octanol–water partition coefficient (Wildman–Crippen LogP) is 3.17. The van der Waals surface area contributed by atoms with E-state index in [-0.39, 0.29) is 29.5 Å². The molecule has 2 aromatic rings. The number of phenolic OH excluding ortho intramolecular Hbond substituents is 1. The maximum absolute atomic E-state index is 13.7. The van der Waals surface area contributed by atoms with E-state index in [4.69, 9.17) is 0 Å². The van der Waals surface area contributed by atoms with Gasteiger partial charge in [0.2, 0.25) is 5.91 Å². The molecule has 0 spiro atoms. The van der Waals surface area contributed by atoms with Gasteiger partial charge in [-0.05, 0) is 58.2 Å². The Balaban J connectivity index is 1.84. The van der Waals surface area contributed by atoms with Crippen LogP contribution in [0.15, 0.2) is 60.7 Å². The van der Waals surface area contributed by atoms with Crippen molar-refractivity contribution in [2.24, 2.45) is 0 Å². The van der Waals surface area contributed by atoms with Crippen molar-refractivity contribution in [1.29, 1.82) is 0 Å². The number of hydrogen-bond acceptors (Lipinski definition) is 6. The number of amides is 3. The number of hydrogen-bond donors (Lipinski definition) is 4. The normalized spacial score (nSPS) is 17.9. The van der Waals surface area contributed by atoms with Gasteiger partial charge in [-0.15, -0.1) is 11.8 Å². The summed E-state index contributed by atoms with van der Waals surface area (Å²) in [6, 6.07) is 12.5. The lowest BCUT2D eigenvalue weighted by atomic mass is 9.96. The average molecular weight is 540 g/mol. The van der Waals surface area contributed by atoms with E-state index in [0.29, 0.717) is 18.5 Å². The molecule has 0 radical (unpaired) electrons. The standard InChI is InChI=1S/C29H37N3O5S/c1-18(2)16-30-27(36)25-29(4,5)38-17-32(25)28(37)24(34)22(15-14-20-10-7-6-8-11-20)31-26(35)21-12-9-13-23(33)19(21)3/h6-13,22,24-25,33-34H,1,14-17H2,2-5H3,(H,30,36)(H,31,35)/t22-,24-,25+/m0/s1. The minimum atomic E-state index is -1.58. The molecule has 3 amide bonds. The van der Waals surface area contributed by atoms with E-state index < -0.39 is 34.7 Å². The molecule has 1 aliphatic heterocycles. The van der Waals surface area contributed by atoms with Crippen LogP contribution in [0, 0.1) is 6.92 Å². The molecule has 0 unspecified atom stereocenters. The molecule has 0 aliphatic carbocycles. The van der Waals surface area contributed by atoms with Crippen LogP contribution in [0.25, 0.3) is 0 Å². The summed E-state index contributed by atoms with van der Waals surface area (Å²) in [5.41, 5.74) is 2.43. The summed E-state index contributed by atoms with van der Waals surface area (Å²) in [6.45, 7) is 11.3. The highest BCUT2D eigenvalue weighted by atomic mass is 32.2. The summed E-state index contributed by atoms with van der Waals surface area (Å²) >= 11 is 1.46. The number of aliphatic hydroxyl groups excluding tert-OH is 1. The van der Waals surface area contributed by atoms with Gasteiger partial charge in [-0.1, -0.05) is 48.6 Å². The maximum atomic E-state index is 13.7. The molecule has 3 rings (SSSR count). The fraction of sp³-hybridized carbons (Fsp3) is 0.414. The number of nitrogens with zero attached hydrogens (tertiary/aromatic N) is 1. The number of nitrogens with one attached hydrogen (secondary N) is 2. The van der Waals surface area contributed by atoms with Gasteiger partial charge in [-0.25, -0.2) is 0 Å². The minimum Gasteiger partial charge on any atom is -0.508 e. The molecule has 2 aromatic carbocycles. The molecular formula is C29H37N3O5S. The number of benzene rings is 2. The Bertz CT molecular complexity index is 1180. The summed E-state index contributed by atoms with van der Waals surface area (Å²) in [4.78, 5) is 41.3. The molecule has 3 atom stereocenters. The van der Waals surface area contributed by atoms with E-state index in [1.165, 1.54) is 22.7 Å². The largest absolute Gasteiger partial charge is 0.508 e. The van der Waals surface area contributed by atoms with Crippen LogP contribution in [-0.4, -0.2) is 68.2 Å². The van der Waals surface area contributed by atoms with Crippen molar-refractivity contribution >= 4 is 29.5 Å². The molecule has 204 valence electrons. The van der Waals surface area contributed by atoms with Gasteiger partial charge >= 0.3 is 0 Å². The molecule has 0 bridgehead atoms. The topological polar surface area (TPSA) is 119 Å². The summed E-state index contributed by atoms with van der Waals surface area (Å²) in [7, 11) is 0. The van der Waals surface area contributed by atoms with Gasteiger partial charge in [-0.2, -0.15) is 0 Å². The molecule has 38 heavy (non-hydrogen) atoms.